The van der Waals surface area contributed by atoms with Crippen LogP contribution in [0.2, 0.25) is 0 Å². The summed E-state index contributed by atoms with van der Waals surface area (Å²) < 4.78 is 0. The molecule has 1 aliphatic carbocycles. The van der Waals surface area contributed by atoms with Gasteiger partial charge in [0, 0.05) is 0 Å². The number of aryl methyl sites for hydroxylation is 1. The van der Waals surface area contributed by atoms with Gasteiger partial charge in [-0.15, -0.1) is 9.24 Å². The Kier molecular flexibility index (Phi) is 1.96. The van der Waals surface area contributed by atoms with Gasteiger partial charge >= 0.3 is 0 Å². The predicted molar refractivity (Wildman–Crippen MR) is 52.4 cm³/mol. The molecule has 1 unspecified atom stereocenters. The maximum absolute atomic E-state index is 2.83. The Bertz CT molecular complexity index is 266. The molecule has 0 aromatic heterocycles. The van der Waals surface area contributed by atoms with Crippen molar-refractivity contribution in [2.45, 2.75) is 25.7 Å². The highest BCUT2D eigenvalue weighted by Crippen LogP contribution is 2.20. The zero-order valence-electron chi connectivity index (χ0n) is 6.64. The van der Waals surface area contributed by atoms with Gasteiger partial charge in [0.05, 0.1) is 0 Å². The van der Waals surface area contributed by atoms with Crippen molar-refractivity contribution >= 4 is 14.5 Å². The highest BCUT2D eigenvalue weighted by molar-refractivity contribution is 7.27. The summed E-state index contributed by atoms with van der Waals surface area (Å²) in [7, 11) is 2.83. The van der Waals surface area contributed by atoms with Gasteiger partial charge in [-0.05, 0) is 42.1 Å². The molecule has 11 heavy (non-hydrogen) atoms. The largest absolute Gasteiger partial charge is 0.105 e. The van der Waals surface area contributed by atoms with Crippen LogP contribution in [0, 0.1) is 0 Å². The molecule has 0 nitrogen and oxygen atoms in total. The van der Waals surface area contributed by atoms with E-state index in [0.717, 1.165) is 0 Å². The van der Waals surface area contributed by atoms with Crippen molar-refractivity contribution in [1.82, 2.24) is 0 Å². The Balaban J connectivity index is 2.49. The minimum atomic E-state index is 1.29. The van der Waals surface area contributed by atoms with E-state index in [1.54, 1.807) is 11.1 Å². The second kappa shape index (κ2) is 2.95. The smallest absolute Gasteiger partial charge is 0.0268 e. The highest BCUT2D eigenvalue weighted by atomic mass is 31.0. The quantitative estimate of drug-likeness (QED) is 0.515. The normalized spacial score (nSPS) is 16.1. The number of fused-ring (bicyclic) bond motifs is 1. The Morgan fingerprint density at radius 2 is 1.91 bits per heavy atom. The lowest BCUT2D eigenvalue weighted by molar-refractivity contribution is 0.689. The van der Waals surface area contributed by atoms with Gasteiger partial charge in [0.25, 0.3) is 0 Å². The zero-order valence-corrected chi connectivity index (χ0v) is 7.79. The zero-order chi connectivity index (χ0) is 7.68. The molecular weight excluding hydrogens is 151 g/mol. The number of rotatable bonds is 0. The van der Waals surface area contributed by atoms with Gasteiger partial charge in [-0.1, -0.05) is 18.2 Å². The first kappa shape index (κ1) is 7.31. The van der Waals surface area contributed by atoms with Gasteiger partial charge < -0.3 is 0 Å². The molecule has 0 saturated carbocycles. The third kappa shape index (κ3) is 1.32. The van der Waals surface area contributed by atoms with E-state index >= 15 is 0 Å². The average Bonchev–Trinajstić information content (AvgIpc) is 2.06. The fourth-order valence-corrected chi connectivity index (χ4v) is 2.25. The molecule has 0 saturated heterocycles. The summed E-state index contributed by atoms with van der Waals surface area (Å²) in [5.41, 5.74) is 3.16. The Hall–Kier alpha value is -0.350. The summed E-state index contributed by atoms with van der Waals surface area (Å²) in [4.78, 5) is 0. The monoisotopic (exact) mass is 164 g/mol. The van der Waals surface area contributed by atoms with Crippen molar-refractivity contribution in [2.75, 3.05) is 0 Å². The first-order chi connectivity index (χ1) is 5.38. The van der Waals surface area contributed by atoms with Crippen molar-refractivity contribution in [3.8, 4) is 0 Å². The first-order valence-corrected chi connectivity index (χ1v) is 4.82. The van der Waals surface area contributed by atoms with E-state index in [4.69, 9.17) is 0 Å². The van der Waals surface area contributed by atoms with Crippen LogP contribution in [0.1, 0.15) is 24.0 Å². The molecule has 2 rings (SSSR count). The van der Waals surface area contributed by atoms with Crippen molar-refractivity contribution in [3.63, 3.8) is 0 Å². The molecule has 0 fully saturated rings. The Morgan fingerprint density at radius 3 is 2.73 bits per heavy atom. The van der Waals surface area contributed by atoms with Crippen molar-refractivity contribution < 1.29 is 0 Å². The van der Waals surface area contributed by atoms with Gasteiger partial charge in [0.1, 0.15) is 0 Å². The van der Waals surface area contributed by atoms with Crippen LogP contribution in [0.4, 0.5) is 0 Å². The van der Waals surface area contributed by atoms with Crippen molar-refractivity contribution in [1.29, 1.82) is 0 Å². The van der Waals surface area contributed by atoms with Crippen LogP contribution in [-0.4, -0.2) is 0 Å². The van der Waals surface area contributed by atoms with Gasteiger partial charge in [0.2, 0.25) is 0 Å². The van der Waals surface area contributed by atoms with E-state index in [1.807, 2.05) is 0 Å². The summed E-state index contributed by atoms with van der Waals surface area (Å²) in [6, 6.07) is 6.61. The molecule has 0 radical (unpaired) electrons. The van der Waals surface area contributed by atoms with E-state index < -0.39 is 0 Å². The molecule has 0 aliphatic heterocycles. The minimum absolute atomic E-state index is 1.29. The fourth-order valence-electron chi connectivity index (χ4n) is 1.81. The van der Waals surface area contributed by atoms with Crippen LogP contribution in [0.25, 0.3) is 0 Å². The molecule has 1 aliphatic rings. The molecule has 0 bridgehead atoms. The van der Waals surface area contributed by atoms with Gasteiger partial charge in [-0.2, -0.15) is 0 Å². The first-order valence-electron chi connectivity index (χ1n) is 4.24. The van der Waals surface area contributed by atoms with Gasteiger partial charge in [0.15, 0.2) is 0 Å². The Labute approximate surface area is 70.2 Å². The fraction of sp³-hybridized carbons (Fsp3) is 0.400. The standard InChI is InChI=1S/C10H13P/c11-10-7-3-5-8-4-1-2-6-9(8)10/h3,5,7H,1-2,4,6,11H2. The molecule has 1 atom stereocenters. The summed E-state index contributed by atoms with van der Waals surface area (Å²) in [6.45, 7) is 0. The summed E-state index contributed by atoms with van der Waals surface area (Å²) in [5.74, 6) is 0. The molecule has 0 spiro atoms. The van der Waals surface area contributed by atoms with E-state index in [2.05, 4.69) is 27.4 Å². The average molecular weight is 164 g/mol. The second-order valence-corrected chi connectivity index (χ2v) is 3.81. The van der Waals surface area contributed by atoms with E-state index in [9.17, 15) is 0 Å². The topological polar surface area (TPSA) is 0 Å². The van der Waals surface area contributed by atoms with E-state index in [0.29, 0.717) is 0 Å². The second-order valence-electron chi connectivity index (χ2n) is 3.19. The van der Waals surface area contributed by atoms with Gasteiger partial charge in [-0.3, -0.25) is 0 Å². The minimum Gasteiger partial charge on any atom is -0.105 e. The number of benzene rings is 1. The molecule has 1 aromatic rings. The maximum Gasteiger partial charge on any atom is -0.0268 e. The third-order valence-electron chi connectivity index (χ3n) is 2.43. The SMILES string of the molecule is Pc1cccc2c1CCCC2. The summed E-state index contributed by atoms with van der Waals surface area (Å²) >= 11 is 0. The Morgan fingerprint density at radius 1 is 1.09 bits per heavy atom. The van der Waals surface area contributed by atoms with Crippen LogP contribution in [-0.2, 0) is 12.8 Å². The molecule has 1 heteroatoms. The van der Waals surface area contributed by atoms with Crippen molar-refractivity contribution in [3.05, 3.63) is 29.3 Å². The van der Waals surface area contributed by atoms with E-state index in [-0.39, 0.29) is 0 Å². The van der Waals surface area contributed by atoms with Crippen LogP contribution >= 0.6 is 9.24 Å². The maximum atomic E-state index is 2.83. The predicted octanol–water partition coefficient (Wildman–Crippen LogP) is 2.07. The lowest BCUT2D eigenvalue weighted by Gasteiger charge is -2.16. The molecule has 0 amide bonds. The molecule has 0 heterocycles. The number of hydrogen-bond donors (Lipinski definition) is 0. The highest BCUT2D eigenvalue weighted by Gasteiger charge is 2.09. The molecule has 0 N–H and O–H groups in total. The van der Waals surface area contributed by atoms with Gasteiger partial charge in [-0.25, -0.2) is 0 Å². The van der Waals surface area contributed by atoms with Crippen LogP contribution in [0.3, 0.4) is 0 Å². The lowest BCUT2D eigenvalue weighted by Crippen LogP contribution is -2.10. The lowest BCUT2D eigenvalue weighted by atomic mass is 9.92. The van der Waals surface area contributed by atoms with Crippen LogP contribution in [0.5, 0.6) is 0 Å². The van der Waals surface area contributed by atoms with Crippen LogP contribution < -0.4 is 5.30 Å². The summed E-state index contributed by atoms with van der Waals surface area (Å²) in [5, 5.41) is 1.40. The molecule has 58 valence electrons. The third-order valence-corrected chi connectivity index (χ3v) is 2.97. The van der Waals surface area contributed by atoms with Crippen LogP contribution in [0.15, 0.2) is 18.2 Å². The number of hydrogen-bond acceptors (Lipinski definition) is 0. The molecular formula is C10H13P. The van der Waals surface area contributed by atoms with E-state index in [1.165, 1.54) is 31.0 Å². The summed E-state index contributed by atoms with van der Waals surface area (Å²) in [6.07, 6.45) is 5.33. The van der Waals surface area contributed by atoms with Crippen molar-refractivity contribution in [2.24, 2.45) is 0 Å². The molecule has 1 aromatic carbocycles.